The fourth-order valence-electron chi connectivity index (χ4n) is 2.07. The van der Waals surface area contributed by atoms with Crippen LogP contribution >= 0.6 is 0 Å². The molecule has 0 radical (unpaired) electrons. The second-order valence-corrected chi connectivity index (χ2v) is 4.64. The highest BCUT2D eigenvalue weighted by Gasteiger charge is 2.16. The third-order valence-electron chi connectivity index (χ3n) is 3.01. The average Bonchev–Trinajstić information content (AvgIpc) is 2.44. The lowest BCUT2D eigenvalue weighted by Crippen LogP contribution is -2.17. The van der Waals surface area contributed by atoms with Crippen LogP contribution in [0.2, 0.25) is 0 Å². The molecule has 0 aromatic heterocycles. The van der Waals surface area contributed by atoms with Crippen LogP contribution in [0.5, 0.6) is 0 Å². The van der Waals surface area contributed by atoms with Crippen LogP contribution in [-0.2, 0) is 0 Å². The fourth-order valence-corrected chi connectivity index (χ4v) is 2.07. The van der Waals surface area contributed by atoms with Crippen molar-refractivity contribution in [1.82, 2.24) is 0 Å². The van der Waals surface area contributed by atoms with E-state index in [1.807, 2.05) is 62.4 Å². The molecule has 0 aliphatic heterocycles. The van der Waals surface area contributed by atoms with E-state index in [0.29, 0.717) is 11.1 Å². The Balaban J connectivity index is 2.50. The molecule has 0 bridgehead atoms. The molecule has 4 nitrogen and oxygen atoms in total. The second kappa shape index (κ2) is 6.02. The van der Waals surface area contributed by atoms with Crippen molar-refractivity contribution in [2.45, 2.75) is 13.8 Å². The first-order chi connectivity index (χ1) is 9.65. The average molecular weight is 268 g/mol. The topological polar surface area (TPSA) is 65.2 Å². The molecule has 0 saturated heterocycles. The van der Waals surface area contributed by atoms with Crippen molar-refractivity contribution in [3.8, 4) is 0 Å². The number of rotatable bonds is 3. The number of hydrogen-bond acceptors (Lipinski definition) is 4. The van der Waals surface area contributed by atoms with Gasteiger partial charge in [-0.25, -0.2) is 0 Å². The zero-order valence-corrected chi connectivity index (χ0v) is 11.4. The first-order valence-electron chi connectivity index (χ1n) is 6.24. The molecule has 0 unspecified atom stereocenters. The second-order valence-electron chi connectivity index (χ2n) is 4.64. The summed E-state index contributed by atoms with van der Waals surface area (Å²) >= 11 is 0. The molecule has 0 spiro atoms. The highest BCUT2D eigenvalue weighted by Crippen LogP contribution is 2.13. The van der Waals surface area contributed by atoms with Gasteiger partial charge in [0.05, 0.1) is 0 Å². The third kappa shape index (κ3) is 2.85. The number of oxime groups is 2. The van der Waals surface area contributed by atoms with Crippen LogP contribution in [0.1, 0.15) is 22.3 Å². The molecule has 0 amide bonds. The molecule has 0 fully saturated rings. The molecular weight excluding hydrogens is 252 g/mol. The lowest BCUT2D eigenvalue weighted by atomic mass is 9.98. The summed E-state index contributed by atoms with van der Waals surface area (Å²) in [5, 5.41) is 25.2. The van der Waals surface area contributed by atoms with E-state index < -0.39 is 0 Å². The van der Waals surface area contributed by atoms with E-state index in [1.165, 1.54) is 0 Å². The standard InChI is InChI=1S/C16H16N2O2/c1-11-5-3-7-13(9-11)15(17-19)16(18-20)14-8-4-6-12(2)10-14/h3-10,19-20H,1-2H3. The van der Waals surface area contributed by atoms with E-state index in [0.717, 1.165) is 11.1 Å². The van der Waals surface area contributed by atoms with Gasteiger partial charge in [0.1, 0.15) is 11.4 Å². The molecule has 0 saturated carbocycles. The smallest absolute Gasteiger partial charge is 0.139 e. The van der Waals surface area contributed by atoms with Gasteiger partial charge in [0, 0.05) is 11.1 Å². The van der Waals surface area contributed by atoms with Crippen molar-refractivity contribution < 1.29 is 10.4 Å². The van der Waals surface area contributed by atoms with E-state index >= 15 is 0 Å². The quantitative estimate of drug-likeness (QED) is 0.509. The van der Waals surface area contributed by atoms with Crippen LogP contribution in [0.3, 0.4) is 0 Å². The summed E-state index contributed by atoms with van der Waals surface area (Å²) < 4.78 is 0. The van der Waals surface area contributed by atoms with E-state index in [4.69, 9.17) is 0 Å². The summed E-state index contributed by atoms with van der Waals surface area (Å²) in [6.45, 7) is 3.89. The van der Waals surface area contributed by atoms with Crippen LogP contribution in [0, 0.1) is 13.8 Å². The molecule has 2 rings (SSSR count). The van der Waals surface area contributed by atoms with Crippen LogP contribution in [0.25, 0.3) is 0 Å². The zero-order valence-electron chi connectivity index (χ0n) is 11.4. The van der Waals surface area contributed by atoms with Crippen molar-refractivity contribution in [3.63, 3.8) is 0 Å². The van der Waals surface area contributed by atoms with Gasteiger partial charge in [0.25, 0.3) is 0 Å². The van der Waals surface area contributed by atoms with Gasteiger partial charge in [-0.3, -0.25) is 0 Å². The molecule has 102 valence electrons. The molecule has 0 aliphatic rings. The number of benzene rings is 2. The van der Waals surface area contributed by atoms with Crippen molar-refractivity contribution in [1.29, 1.82) is 0 Å². The summed E-state index contributed by atoms with van der Waals surface area (Å²) in [7, 11) is 0. The van der Waals surface area contributed by atoms with E-state index in [-0.39, 0.29) is 11.4 Å². The lowest BCUT2D eigenvalue weighted by Gasteiger charge is -2.08. The highest BCUT2D eigenvalue weighted by molar-refractivity contribution is 6.53. The van der Waals surface area contributed by atoms with Gasteiger partial charge < -0.3 is 10.4 Å². The maximum Gasteiger partial charge on any atom is 0.139 e. The van der Waals surface area contributed by atoms with Gasteiger partial charge in [-0.2, -0.15) is 0 Å². The predicted molar refractivity (Wildman–Crippen MR) is 79.0 cm³/mol. The molecule has 0 heterocycles. The number of nitrogens with zero attached hydrogens (tertiary/aromatic N) is 2. The minimum Gasteiger partial charge on any atom is -0.410 e. The van der Waals surface area contributed by atoms with Gasteiger partial charge >= 0.3 is 0 Å². The summed E-state index contributed by atoms with van der Waals surface area (Å²) in [5.41, 5.74) is 3.93. The Bertz CT molecular complexity index is 616. The highest BCUT2D eigenvalue weighted by atomic mass is 16.4. The van der Waals surface area contributed by atoms with Crippen molar-refractivity contribution in [2.75, 3.05) is 0 Å². The fraction of sp³-hybridized carbons (Fsp3) is 0.125. The largest absolute Gasteiger partial charge is 0.410 e. The predicted octanol–water partition coefficient (Wildman–Crippen LogP) is 3.36. The first kappa shape index (κ1) is 13.8. The Morgan fingerprint density at radius 2 is 1.15 bits per heavy atom. The van der Waals surface area contributed by atoms with Gasteiger partial charge in [0.2, 0.25) is 0 Å². The lowest BCUT2D eigenvalue weighted by molar-refractivity contribution is 0.314. The van der Waals surface area contributed by atoms with Crippen molar-refractivity contribution >= 4 is 11.4 Å². The first-order valence-corrected chi connectivity index (χ1v) is 6.24. The van der Waals surface area contributed by atoms with Crippen LogP contribution in [0.4, 0.5) is 0 Å². The minimum absolute atomic E-state index is 0.238. The Labute approximate surface area is 117 Å². The van der Waals surface area contributed by atoms with Crippen LogP contribution < -0.4 is 0 Å². The Morgan fingerprint density at radius 1 is 0.750 bits per heavy atom. The molecule has 2 aromatic carbocycles. The zero-order chi connectivity index (χ0) is 14.5. The van der Waals surface area contributed by atoms with Gasteiger partial charge in [-0.05, 0) is 26.0 Å². The molecule has 0 aliphatic carbocycles. The van der Waals surface area contributed by atoms with E-state index in [2.05, 4.69) is 10.3 Å². The Kier molecular flexibility index (Phi) is 4.15. The monoisotopic (exact) mass is 268 g/mol. The maximum atomic E-state index is 9.30. The van der Waals surface area contributed by atoms with E-state index in [1.54, 1.807) is 0 Å². The summed E-state index contributed by atoms with van der Waals surface area (Å²) in [6.07, 6.45) is 0. The third-order valence-corrected chi connectivity index (χ3v) is 3.01. The van der Waals surface area contributed by atoms with Crippen molar-refractivity contribution in [2.24, 2.45) is 10.3 Å². The molecule has 2 aromatic rings. The van der Waals surface area contributed by atoms with Crippen LogP contribution in [-0.4, -0.2) is 21.8 Å². The maximum absolute atomic E-state index is 9.30. The molecule has 20 heavy (non-hydrogen) atoms. The van der Waals surface area contributed by atoms with Crippen LogP contribution in [0.15, 0.2) is 58.8 Å². The van der Waals surface area contributed by atoms with Gasteiger partial charge in [0.15, 0.2) is 0 Å². The SMILES string of the molecule is Cc1cccc(C(=NO)C(=NO)c2cccc(C)c2)c1. The van der Waals surface area contributed by atoms with E-state index in [9.17, 15) is 10.4 Å². The summed E-state index contributed by atoms with van der Waals surface area (Å²) in [6, 6.07) is 15.0. The molecule has 2 N–H and O–H groups in total. The Hall–Kier alpha value is -2.62. The van der Waals surface area contributed by atoms with Gasteiger partial charge in [-0.15, -0.1) is 0 Å². The van der Waals surface area contributed by atoms with Crippen molar-refractivity contribution in [3.05, 3.63) is 70.8 Å². The normalized spacial score (nSPS) is 12.5. The summed E-state index contributed by atoms with van der Waals surface area (Å²) in [5.74, 6) is 0. The Morgan fingerprint density at radius 3 is 1.45 bits per heavy atom. The molecule has 0 atom stereocenters. The minimum atomic E-state index is 0.238. The number of aryl methyl sites for hydroxylation is 2. The summed E-state index contributed by atoms with van der Waals surface area (Å²) in [4.78, 5) is 0. The van der Waals surface area contributed by atoms with Gasteiger partial charge in [-0.1, -0.05) is 57.8 Å². The molecule has 4 heteroatoms. The number of hydrogen-bond donors (Lipinski definition) is 2. The molecular formula is C16H16N2O2.